The van der Waals surface area contributed by atoms with Crippen LogP contribution in [0.1, 0.15) is 44.5 Å². The number of carbonyl (C=O) groups is 2. The highest BCUT2D eigenvalue weighted by molar-refractivity contribution is 6.11. The van der Waals surface area contributed by atoms with Crippen molar-refractivity contribution < 1.29 is 9.59 Å². The van der Waals surface area contributed by atoms with E-state index in [-0.39, 0.29) is 17.3 Å². The predicted molar refractivity (Wildman–Crippen MR) is 157 cm³/mol. The lowest BCUT2D eigenvalue weighted by Gasteiger charge is -2.30. The molecule has 0 bridgehead atoms. The standard InChI is InChI=1S/C31H28N8O2/c1-20-10-8-11-23(14-15-24-18-37(4)19-34-24)26(20)31(41)39(25-12-6-5-7-13-25)22(3)21(2)35-30(40)27-28(32)36-38-17-9-16-33-29(27)38/h5-13,16-19,21H,3H2,1-2,4H3,(H2,32,36)(H,35,40)/t21-/m0/s1. The van der Waals surface area contributed by atoms with Gasteiger partial charge in [-0.3, -0.25) is 14.5 Å². The van der Waals surface area contributed by atoms with Crippen molar-refractivity contribution in [3.8, 4) is 11.8 Å². The van der Waals surface area contributed by atoms with E-state index in [4.69, 9.17) is 5.73 Å². The van der Waals surface area contributed by atoms with Gasteiger partial charge >= 0.3 is 0 Å². The second-order valence-electron chi connectivity index (χ2n) is 9.48. The average Bonchev–Trinajstić information content (AvgIpc) is 3.53. The van der Waals surface area contributed by atoms with Gasteiger partial charge in [-0.2, -0.15) is 0 Å². The Morgan fingerprint density at radius 2 is 1.83 bits per heavy atom. The van der Waals surface area contributed by atoms with Crippen LogP contribution < -0.4 is 16.0 Å². The fourth-order valence-electron chi connectivity index (χ4n) is 4.43. The molecule has 3 heterocycles. The molecule has 0 aliphatic heterocycles. The predicted octanol–water partition coefficient (Wildman–Crippen LogP) is 3.73. The first kappa shape index (κ1) is 26.9. The first-order chi connectivity index (χ1) is 19.7. The molecule has 5 rings (SSSR count). The van der Waals surface area contributed by atoms with Crippen molar-refractivity contribution in [3.63, 3.8) is 0 Å². The highest BCUT2D eigenvalue weighted by atomic mass is 16.2. The molecule has 0 spiro atoms. The van der Waals surface area contributed by atoms with E-state index in [0.29, 0.717) is 33.9 Å². The number of benzene rings is 2. The van der Waals surface area contributed by atoms with Gasteiger partial charge in [-0.05, 0) is 49.6 Å². The lowest BCUT2D eigenvalue weighted by molar-refractivity contribution is 0.0938. The summed E-state index contributed by atoms with van der Waals surface area (Å²) in [6.45, 7) is 7.83. The number of anilines is 2. The molecule has 204 valence electrons. The Kier molecular flexibility index (Phi) is 7.35. The fraction of sp³-hybridized carbons (Fsp3) is 0.129. The van der Waals surface area contributed by atoms with Crippen LogP contribution in [0.15, 0.2) is 91.8 Å². The number of aromatic nitrogens is 5. The second-order valence-corrected chi connectivity index (χ2v) is 9.48. The number of para-hydroxylation sites is 1. The zero-order chi connectivity index (χ0) is 29.1. The third kappa shape index (κ3) is 5.42. The third-order valence-corrected chi connectivity index (χ3v) is 6.52. The summed E-state index contributed by atoms with van der Waals surface area (Å²) >= 11 is 0. The van der Waals surface area contributed by atoms with Crippen LogP contribution in [0.2, 0.25) is 0 Å². The molecule has 2 amide bonds. The Morgan fingerprint density at radius 1 is 1.05 bits per heavy atom. The van der Waals surface area contributed by atoms with Crippen LogP contribution in [-0.4, -0.2) is 42.0 Å². The van der Waals surface area contributed by atoms with Gasteiger partial charge < -0.3 is 15.6 Å². The van der Waals surface area contributed by atoms with Gasteiger partial charge in [-0.1, -0.05) is 42.8 Å². The van der Waals surface area contributed by atoms with Gasteiger partial charge in [-0.25, -0.2) is 14.5 Å². The molecule has 0 unspecified atom stereocenters. The quantitative estimate of drug-likeness (QED) is 0.314. The summed E-state index contributed by atoms with van der Waals surface area (Å²) in [5.41, 5.74) is 9.78. The minimum Gasteiger partial charge on any atom is -0.381 e. The summed E-state index contributed by atoms with van der Waals surface area (Å²) in [4.78, 5) is 37.6. The molecule has 0 saturated carbocycles. The molecular formula is C31H28N8O2. The average molecular weight is 545 g/mol. The molecule has 2 aromatic carbocycles. The molecule has 3 aromatic heterocycles. The van der Waals surface area contributed by atoms with Gasteiger partial charge in [0.15, 0.2) is 11.5 Å². The molecule has 41 heavy (non-hydrogen) atoms. The van der Waals surface area contributed by atoms with Crippen molar-refractivity contribution >= 4 is 29.0 Å². The van der Waals surface area contributed by atoms with E-state index in [1.165, 1.54) is 9.42 Å². The Hall–Kier alpha value is -5.69. The minimum absolute atomic E-state index is 0.0473. The normalized spacial score (nSPS) is 11.4. The van der Waals surface area contributed by atoms with Gasteiger partial charge in [0.05, 0.1) is 17.9 Å². The maximum atomic E-state index is 14.3. The number of nitrogen functional groups attached to an aromatic ring is 1. The summed E-state index contributed by atoms with van der Waals surface area (Å²) in [5.74, 6) is 5.38. The molecule has 0 aliphatic carbocycles. The van der Waals surface area contributed by atoms with Crippen molar-refractivity contribution in [2.75, 3.05) is 10.6 Å². The number of aryl methyl sites for hydroxylation is 2. The molecule has 10 heteroatoms. The lowest BCUT2D eigenvalue weighted by Crippen LogP contribution is -2.42. The number of rotatable bonds is 6. The van der Waals surface area contributed by atoms with Crippen LogP contribution in [0.3, 0.4) is 0 Å². The summed E-state index contributed by atoms with van der Waals surface area (Å²) in [5, 5.41) is 7.07. The Labute approximate surface area is 237 Å². The fourth-order valence-corrected chi connectivity index (χ4v) is 4.43. The number of nitrogens with two attached hydrogens (primary N) is 1. The van der Waals surface area contributed by atoms with Gasteiger partial charge in [0.25, 0.3) is 11.8 Å². The number of hydrogen-bond acceptors (Lipinski definition) is 6. The minimum atomic E-state index is -0.670. The van der Waals surface area contributed by atoms with E-state index in [9.17, 15) is 9.59 Å². The van der Waals surface area contributed by atoms with Crippen LogP contribution in [0.4, 0.5) is 11.5 Å². The Balaban J connectivity index is 1.49. The van der Waals surface area contributed by atoms with Gasteiger partial charge in [0, 0.05) is 42.6 Å². The summed E-state index contributed by atoms with van der Waals surface area (Å²) in [6.07, 6.45) is 6.69. The van der Waals surface area contributed by atoms with Crippen LogP contribution in [0, 0.1) is 18.8 Å². The van der Waals surface area contributed by atoms with E-state index in [2.05, 4.69) is 38.8 Å². The molecule has 0 aliphatic rings. The summed E-state index contributed by atoms with van der Waals surface area (Å²) in [6, 6.07) is 15.7. The van der Waals surface area contributed by atoms with Crippen LogP contribution in [0.25, 0.3) is 5.65 Å². The van der Waals surface area contributed by atoms with E-state index >= 15 is 0 Å². The first-order valence-electron chi connectivity index (χ1n) is 12.8. The zero-order valence-corrected chi connectivity index (χ0v) is 22.9. The number of amides is 2. The summed E-state index contributed by atoms with van der Waals surface area (Å²) in [7, 11) is 1.86. The summed E-state index contributed by atoms with van der Waals surface area (Å²) < 4.78 is 3.25. The van der Waals surface area contributed by atoms with E-state index in [1.807, 2.05) is 56.4 Å². The molecule has 5 aromatic rings. The maximum absolute atomic E-state index is 14.3. The van der Waals surface area contributed by atoms with Gasteiger partial charge in [0.1, 0.15) is 11.3 Å². The second kappa shape index (κ2) is 11.2. The molecule has 1 atom stereocenters. The highest BCUT2D eigenvalue weighted by Crippen LogP contribution is 2.26. The topological polar surface area (TPSA) is 123 Å². The van der Waals surface area contributed by atoms with Gasteiger partial charge in [-0.15, -0.1) is 5.10 Å². The van der Waals surface area contributed by atoms with Crippen LogP contribution in [-0.2, 0) is 7.05 Å². The molecule has 3 N–H and O–H groups in total. The van der Waals surface area contributed by atoms with Crippen molar-refractivity contribution in [3.05, 3.63) is 120 Å². The number of nitrogens with one attached hydrogen (secondary N) is 1. The third-order valence-electron chi connectivity index (χ3n) is 6.52. The van der Waals surface area contributed by atoms with E-state index < -0.39 is 11.9 Å². The molecule has 0 saturated heterocycles. The maximum Gasteiger partial charge on any atom is 0.264 e. The number of carbonyl (C=O) groups excluding carboxylic acids is 2. The number of fused-ring (bicyclic) bond motifs is 1. The highest BCUT2D eigenvalue weighted by Gasteiger charge is 2.29. The number of imidazole rings is 1. The number of hydrogen-bond donors (Lipinski definition) is 2. The Morgan fingerprint density at radius 3 is 2.56 bits per heavy atom. The zero-order valence-electron chi connectivity index (χ0n) is 22.9. The van der Waals surface area contributed by atoms with Crippen LogP contribution in [0.5, 0.6) is 0 Å². The van der Waals surface area contributed by atoms with Crippen LogP contribution >= 0.6 is 0 Å². The molecule has 10 nitrogen and oxygen atoms in total. The smallest absolute Gasteiger partial charge is 0.264 e. The largest absolute Gasteiger partial charge is 0.381 e. The SMILES string of the molecule is C=C([C@H](C)NC(=O)c1c(N)nn2cccnc12)N(C(=O)c1c(C)cccc1C#Cc1cn(C)cn1)c1ccccc1. The van der Waals surface area contributed by atoms with E-state index in [1.54, 1.807) is 48.5 Å². The first-order valence-corrected chi connectivity index (χ1v) is 12.8. The van der Waals surface area contributed by atoms with Gasteiger partial charge in [0.2, 0.25) is 0 Å². The van der Waals surface area contributed by atoms with Crippen molar-refractivity contribution in [1.82, 2.24) is 29.5 Å². The number of nitrogens with zero attached hydrogens (tertiary/aromatic N) is 6. The lowest BCUT2D eigenvalue weighted by atomic mass is 9.99. The molecule has 0 fully saturated rings. The molecule has 0 radical (unpaired) electrons. The van der Waals surface area contributed by atoms with Crippen molar-refractivity contribution in [2.45, 2.75) is 19.9 Å². The molecular weight excluding hydrogens is 516 g/mol. The van der Waals surface area contributed by atoms with E-state index in [0.717, 1.165) is 5.56 Å². The Bertz CT molecular complexity index is 1840. The van der Waals surface area contributed by atoms with Crippen molar-refractivity contribution in [1.29, 1.82) is 0 Å². The van der Waals surface area contributed by atoms with Crippen molar-refractivity contribution in [2.24, 2.45) is 7.05 Å². The monoisotopic (exact) mass is 544 g/mol.